The van der Waals surface area contributed by atoms with Gasteiger partial charge in [0, 0.05) is 73.6 Å². The fraction of sp³-hybridized carbons (Fsp3) is 0.385. The van der Waals surface area contributed by atoms with Gasteiger partial charge in [-0.15, -0.1) is 0 Å². The molecule has 178 valence electrons. The molecule has 1 aromatic heterocycles. The summed E-state index contributed by atoms with van der Waals surface area (Å²) in [7, 11) is 1.71. The molecule has 1 fully saturated rings. The van der Waals surface area contributed by atoms with Crippen molar-refractivity contribution in [1.82, 2.24) is 19.7 Å². The van der Waals surface area contributed by atoms with Crippen molar-refractivity contribution in [3.8, 4) is 0 Å². The van der Waals surface area contributed by atoms with Crippen molar-refractivity contribution in [1.29, 1.82) is 0 Å². The summed E-state index contributed by atoms with van der Waals surface area (Å²) >= 11 is 6.24. The van der Waals surface area contributed by atoms with E-state index < -0.39 is 0 Å². The number of hydrogen-bond acceptors (Lipinski definition) is 4. The Morgan fingerprint density at radius 2 is 1.88 bits per heavy atom. The van der Waals surface area contributed by atoms with Gasteiger partial charge in [0.15, 0.2) is 0 Å². The Balaban J connectivity index is 1.36. The van der Waals surface area contributed by atoms with E-state index in [1.807, 2.05) is 52.3 Å². The highest BCUT2D eigenvalue weighted by Crippen LogP contribution is 2.38. The molecule has 1 unspecified atom stereocenters. The Labute approximate surface area is 204 Å². The fourth-order valence-electron chi connectivity index (χ4n) is 5.14. The van der Waals surface area contributed by atoms with E-state index in [0.717, 1.165) is 54.6 Å². The number of aromatic amines is 1. The van der Waals surface area contributed by atoms with E-state index in [2.05, 4.69) is 9.88 Å². The Morgan fingerprint density at radius 1 is 1.12 bits per heavy atom. The summed E-state index contributed by atoms with van der Waals surface area (Å²) in [6.45, 7) is 5.38. The van der Waals surface area contributed by atoms with Crippen LogP contribution >= 0.6 is 11.6 Å². The lowest BCUT2D eigenvalue weighted by Gasteiger charge is -2.35. The molecule has 1 N–H and O–H groups in total. The summed E-state index contributed by atoms with van der Waals surface area (Å²) in [6, 6.07) is 13.3. The van der Waals surface area contributed by atoms with Crippen LogP contribution in [0.2, 0.25) is 5.02 Å². The van der Waals surface area contributed by atoms with Crippen molar-refractivity contribution < 1.29 is 14.3 Å². The van der Waals surface area contributed by atoms with Crippen LogP contribution in [0.3, 0.4) is 0 Å². The van der Waals surface area contributed by atoms with Gasteiger partial charge in [0.1, 0.15) is 0 Å². The molecule has 0 spiro atoms. The standard InChI is InChI=1S/C26H29ClN4O3/c1-34-15-14-29-10-12-30(13-11-29)26(33)19-4-2-18(3-5-19)25-24-21(8-9-31(25)17-32)22-16-20(27)6-7-23(22)28-24/h2-7,16-17,25,28H,8-15H2,1H3. The number of halogens is 1. The van der Waals surface area contributed by atoms with Gasteiger partial charge in [0.25, 0.3) is 5.91 Å². The van der Waals surface area contributed by atoms with Crippen LogP contribution in [0.1, 0.15) is 33.2 Å². The number of nitrogens with one attached hydrogen (secondary N) is 1. The quantitative estimate of drug-likeness (QED) is 0.549. The van der Waals surface area contributed by atoms with Gasteiger partial charge in [-0.05, 0) is 47.9 Å². The van der Waals surface area contributed by atoms with Gasteiger partial charge >= 0.3 is 0 Å². The first kappa shape index (κ1) is 22.9. The number of ether oxygens (including phenoxy) is 1. The molecule has 1 saturated heterocycles. The van der Waals surface area contributed by atoms with Crippen molar-refractivity contribution in [2.45, 2.75) is 12.5 Å². The molecule has 8 heteroatoms. The van der Waals surface area contributed by atoms with Gasteiger partial charge in [-0.25, -0.2) is 0 Å². The van der Waals surface area contributed by atoms with Gasteiger partial charge in [-0.3, -0.25) is 14.5 Å². The molecule has 1 atom stereocenters. The number of nitrogens with zero attached hydrogens (tertiary/aromatic N) is 3. The first-order valence-corrected chi connectivity index (χ1v) is 12.1. The molecule has 34 heavy (non-hydrogen) atoms. The normalized spacial score (nSPS) is 18.8. The minimum Gasteiger partial charge on any atom is -0.383 e. The number of aromatic nitrogens is 1. The fourth-order valence-corrected chi connectivity index (χ4v) is 5.31. The number of rotatable bonds is 6. The molecule has 0 aliphatic carbocycles. The lowest BCUT2D eigenvalue weighted by Crippen LogP contribution is -2.49. The molecule has 0 radical (unpaired) electrons. The minimum atomic E-state index is -0.221. The SMILES string of the molecule is COCCN1CCN(C(=O)c2ccc(C3c4[nH]c5ccc(Cl)cc5c4CCN3C=O)cc2)CC1. The van der Waals surface area contributed by atoms with Crippen LogP contribution in [-0.4, -0.2) is 85.0 Å². The first-order chi connectivity index (χ1) is 16.6. The average Bonchev–Trinajstić information content (AvgIpc) is 3.24. The maximum absolute atomic E-state index is 13.1. The van der Waals surface area contributed by atoms with Gasteiger partial charge in [0.2, 0.25) is 6.41 Å². The van der Waals surface area contributed by atoms with E-state index in [-0.39, 0.29) is 11.9 Å². The molecular weight excluding hydrogens is 452 g/mol. The van der Waals surface area contributed by atoms with Crippen LogP contribution in [-0.2, 0) is 16.0 Å². The van der Waals surface area contributed by atoms with Crippen molar-refractivity contribution >= 4 is 34.8 Å². The molecule has 2 aliphatic heterocycles. The van der Waals surface area contributed by atoms with E-state index in [9.17, 15) is 9.59 Å². The number of H-pyrrole nitrogens is 1. The molecule has 2 aliphatic rings. The highest BCUT2D eigenvalue weighted by molar-refractivity contribution is 6.31. The highest BCUT2D eigenvalue weighted by atomic mass is 35.5. The Hall–Kier alpha value is -2.87. The van der Waals surface area contributed by atoms with Gasteiger partial charge < -0.3 is 19.5 Å². The number of carbonyl (C=O) groups is 2. The second-order valence-electron chi connectivity index (χ2n) is 8.95. The van der Waals surface area contributed by atoms with E-state index in [4.69, 9.17) is 16.3 Å². The molecule has 2 amide bonds. The number of amides is 2. The van der Waals surface area contributed by atoms with Gasteiger partial charge in [-0.1, -0.05) is 23.7 Å². The van der Waals surface area contributed by atoms with E-state index in [0.29, 0.717) is 36.8 Å². The topological polar surface area (TPSA) is 68.9 Å². The van der Waals surface area contributed by atoms with Crippen LogP contribution in [0.5, 0.6) is 0 Å². The Kier molecular flexibility index (Phi) is 6.59. The monoisotopic (exact) mass is 480 g/mol. The van der Waals surface area contributed by atoms with Crippen molar-refractivity contribution in [2.75, 3.05) is 53.0 Å². The van der Waals surface area contributed by atoms with Crippen molar-refractivity contribution in [3.05, 3.63) is 69.9 Å². The zero-order valence-corrected chi connectivity index (χ0v) is 20.1. The predicted molar refractivity (Wildman–Crippen MR) is 132 cm³/mol. The van der Waals surface area contributed by atoms with Gasteiger partial charge in [-0.2, -0.15) is 0 Å². The number of fused-ring (bicyclic) bond motifs is 3. The second-order valence-corrected chi connectivity index (χ2v) is 9.39. The van der Waals surface area contributed by atoms with Crippen molar-refractivity contribution in [3.63, 3.8) is 0 Å². The molecule has 0 saturated carbocycles. The third kappa shape index (κ3) is 4.31. The maximum atomic E-state index is 13.1. The Bertz CT molecular complexity index is 1180. The third-order valence-corrected chi connectivity index (χ3v) is 7.24. The summed E-state index contributed by atoms with van der Waals surface area (Å²) in [5.74, 6) is 0.0507. The van der Waals surface area contributed by atoms with Crippen LogP contribution in [0.15, 0.2) is 42.5 Å². The molecule has 2 aromatic carbocycles. The molecule has 7 nitrogen and oxygen atoms in total. The van der Waals surface area contributed by atoms with Crippen molar-refractivity contribution in [2.24, 2.45) is 0 Å². The smallest absolute Gasteiger partial charge is 0.253 e. The zero-order chi connectivity index (χ0) is 23.7. The second kappa shape index (κ2) is 9.78. The third-order valence-electron chi connectivity index (χ3n) is 7.01. The van der Waals surface area contributed by atoms with Gasteiger partial charge in [0.05, 0.1) is 12.6 Å². The molecule has 3 heterocycles. The summed E-state index contributed by atoms with van der Waals surface area (Å²) in [5.41, 5.74) is 4.88. The summed E-state index contributed by atoms with van der Waals surface area (Å²) < 4.78 is 5.15. The summed E-state index contributed by atoms with van der Waals surface area (Å²) in [4.78, 5) is 34.6. The summed E-state index contributed by atoms with van der Waals surface area (Å²) in [5, 5.41) is 1.81. The molecular formula is C26H29ClN4O3. The zero-order valence-electron chi connectivity index (χ0n) is 19.3. The van der Waals surface area contributed by atoms with Crippen LogP contribution < -0.4 is 0 Å². The highest BCUT2D eigenvalue weighted by Gasteiger charge is 2.31. The van der Waals surface area contributed by atoms with E-state index in [1.54, 1.807) is 7.11 Å². The molecule has 5 rings (SSSR count). The van der Waals surface area contributed by atoms with Crippen LogP contribution in [0.4, 0.5) is 0 Å². The largest absolute Gasteiger partial charge is 0.383 e. The van der Waals surface area contributed by atoms with Crippen LogP contribution in [0.25, 0.3) is 10.9 Å². The average molecular weight is 481 g/mol. The van der Waals surface area contributed by atoms with E-state index >= 15 is 0 Å². The summed E-state index contributed by atoms with van der Waals surface area (Å²) in [6.07, 6.45) is 1.69. The number of piperazine rings is 1. The molecule has 0 bridgehead atoms. The molecule has 3 aromatic rings. The predicted octanol–water partition coefficient (Wildman–Crippen LogP) is 3.33. The minimum absolute atomic E-state index is 0.0507. The number of methoxy groups -OCH3 is 1. The lowest BCUT2D eigenvalue weighted by atomic mass is 9.92. The lowest BCUT2D eigenvalue weighted by molar-refractivity contribution is -0.120. The number of hydrogen-bond donors (Lipinski definition) is 1. The number of benzene rings is 2. The maximum Gasteiger partial charge on any atom is 0.253 e. The number of carbonyl (C=O) groups excluding carboxylic acids is 2. The first-order valence-electron chi connectivity index (χ1n) is 11.7. The van der Waals surface area contributed by atoms with E-state index in [1.165, 1.54) is 5.56 Å². The van der Waals surface area contributed by atoms with Crippen LogP contribution in [0, 0.1) is 0 Å². The Morgan fingerprint density at radius 3 is 2.59 bits per heavy atom.